The molecule has 1 aromatic carbocycles. The third-order valence-corrected chi connectivity index (χ3v) is 8.39. The van der Waals surface area contributed by atoms with E-state index in [9.17, 15) is 28.2 Å². The third-order valence-electron chi connectivity index (χ3n) is 8.39. The highest BCUT2D eigenvalue weighted by atomic mass is 19.4. The Hall–Kier alpha value is -3.04. The summed E-state index contributed by atoms with van der Waals surface area (Å²) < 4.78 is 44.6. The van der Waals surface area contributed by atoms with E-state index in [0.29, 0.717) is 18.0 Å². The van der Waals surface area contributed by atoms with Crippen LogP contribution in [-0.4, -0.2) is 124 Å². The normalized spacial score (nSPS) is 26.7. The number of nitrogens with zero attached hydrogens (tertiary/aromatic N) is 5. The lowest BCUT2D eigenvalue weighted by molar-refractivity contribution is -0.148. The van der Waals surface area contributed by atoms with E-state index < -0.39 is 42.3 Å². The molecule has 3 saturated heterocycles. The molecule has 42 heavy (non-hydrogen) atoms. The number of piperazine rings is 1. The topological polar surface area (TPSA) is 135 Å². The molecule has 5 rings (SSSR count). The number of halogens is 3. The van der Waals surface area contributed by atoms with E-state index in [2.05, 4.69) is 30.0 Å². The maximum atomic E-state index is 12.9. The molecule has 3 aliphatic heterocycles. The van der Waals surface area contributed by atoms with Gasteiger partial charge in [0.2, 0.25) is 5.82 Å². The van der Waals surface area contributed by atoms with Crippen molar-refractivity contribution in [3.8, 4) is 0 Å². The molecule has 2 aromatic rings. The van der Waals surface area contributed by atoms with Crippen LogP contribution in [0.3, 0.4) is 0 Å². The predicted molar refractivity (Wildman–Crippen MR) is 147 cm³/mol. The van der Waals surface area contributed by atoms with Crippen molar-refractivity contribution in [2.45, 2.75) is 43.4 Å². The average molecular weight is 595 g/mol. The quantitative estimate of drug-likeness (QED) is 0.355. The van der Waals surface area contributed by atoms with Crippen molar-refractivity contribution in [2.24, 2.45) is 5.92 Å². The van der Waals surface area contributed by atoms with Gasteiger partial charge in [-0.15, -0.1) is 0 Å². The second-order valence-corrected chi connectivity index (χ2v) is 11.3. The van der Waals surface area contributed by atoms with Crippen LogP contribution in [0, 0.1) is 5.92 Å². The number of aliphatic hydroxyl groups excluding tert-OH is 2. The van der Waals surface area contributed by atoms with Gasteiger partial charge in [0.1, 0.15) is 18.0 Å². The summed E-state index contributed by atoms with van der Waals surface area (Å²) in [6, 6.07) is 7.48. The van der Waals surface area contributed by atoms with E-state index in [1.54, 1.807) is 12.1 Å². The number of piperidine rings is 1. The first-order chi connectivity index (χ1) is 20.1. The smallest absolute Gasteiger partial charge is 0.451 e. The molecule has 3 fully saturated rings. The largest absolute Gasteiger partial charge is 0.478 e. The van der Waals surface area contributed by atoms with Gasteiger partial charge in [-0.25, -0.2) is 14.8 Å². The first kappa shape index (κ1) is 30.4. The number of carboxylic acid groups (broad SMARTS) is 1. The van der Waals surface area contributed by atoms with Gasteiger partial charge in [0, 0.05) is 64.2 Å². The van der Waals surface area contributed by atoms with Gasteiger partial charge in [0.05, 0.1) is 24.3 Å². The highest BCUT2D eigenvalue weighted by Crippen LogP contribution is 2.28. The van der Waals surface area contributed by atoms with Crippen LogP contribution in [0.5, 0.6) is 0 Å². The number of alkyl halides is 3. The minimum Gasteiger partial charge on any atom is -0.478 e. The van der Waals surface area contributed by atoms with E-state index in [1.165, 1.54) is 6.07 Å². The predicted octanol–water partition coefficient (Wildman–Crippen LogP) is 1.63. The molecule has 0 bridgehead atoms. The van der Waals surface area contributed by atoms with Crippen LogP contribution in [0.4, 0.5) is 24.7 Å². The standard InChI is InChI=1S/C28H37F3N6O5/c29-28(30,31)27-32-8-5-23(34-27)33-21-17-42-22(25(39)24(21)38)16-36-13-11-35(12-14-36)15-18-6-9-37(10-7-18)20-3-1-19(2-4-20)26(40)41/h1-5,8,18,21-22,24-25,38-39H,6-7,9-17H2,(H,40,41)(H,32,33,34)/t21-,22+,24+,25-/m0/s1. The molecule has 0 aliphatic carbocycles. The molecule has 0 amide bonds. The Morgan fingerprint density at radius 2 is 1.60 bits per heavy atom. The van der Waals surface area contributed by atoms with Crippen molar-refractivity contribution in [1.82, 2.24) is 19.8 Å². The number of benzene rings is 1. The molecule has 0 spiro atoms. The fourth-order valence-electron chi connectivity index (χ4n) is 5.90. The molecular formula is C28H37F3N6O5. The van der Waals surface area contributed by atoms with Gasteiger partial charge in [-0.05, 0) is 49.1 Å². The van der Waals surface area contributed by atoms with E-state index in [-0.39, 0.29) is 12.4 Å². The number of aliphatic hydroxyl groups is 2. The first-order valence-electron chi connectivity index (χ1n) is 14.2. The number of aromatic carboxylic acids is 1. The van der Waals surface area contributed by atoms with Crippen molar-refractivity contribution in [2.75, 3.05) is 69.2 Å². The number of aromatic nitrogens is 2. The minimum atomic E-state index is -4.69. The van der Waals surface area contributed by atoms with E-state index in [1.807, 2.05) is 12.1 Å². The number of ether oxygens (including phenoxy) is 1. The molecule has 0 unspecified atom stereocenters. The molecule has 0 saturated carbocycles. The zero-order valence-corrected chi connectivity index (χ0v) is 23.2. The van der Waals surface area contributed by atoms with Crippen LogP contribution in [0.15, 0.2) is 36.5 Å². The second-order valence-electron chi connectivity index (χ2n) is 11.3. The molecule has 4 heterocycles. The molecule has 0 radical (unpaired) electrons. The van der Waals surface area contributed by atoms with E-state index in [4.69, 9.17) is 9.84 Å². The monoisotopic (exact) mass is 594 g/mol. The molecule has 4 atom stereocenters. The van der Waals surface area contributed by atoms with Gasteiger partial charge < -0.3 is 35.2 Å². The van der Waals surface area contributed by atoms with Gasteiger partial charge in [-0.1, -0.05) is 0 Å². The minimum absolute atomic E-state index is 0.0105. The highest BCUT2D eigenvalue weighted by Gasteiger charge is 2.40. The summed E-state index contributed by atoms with van der Waals surface area (Å²) in [5.41, 5.74) is 1.34. The summed E-state index contributed by atoms with van der Waals surface area (Å²) in [6.45, 7) is 6.75. The Labute approximate surface area is 241 Å². The van der Waals surface area contributed by atoms with Crippen LogP contribution in [0.1, 0.15) is 29.0 Å². The Balaban J connectivity index is 1.02. The van der Waals surface area contributed by atoms with Crippen LogP contribution < -0.4 is 10.2 Å². The lowest BCUT2D eigenvalue weighted by Crippen LogP contribution is -2.59. The number of hydrogen-bond acceptors (Lipinski definition) is 10. The zero-order chi connectivity index (χ0) is 29.9. The SMILES string of the molecule is O=C(O)c1ccc(N2CCC(CN3CCN(C[C@H]4OC[C@H](Nc5ccnc(C(F)(F)F)n5)[C@@H](O)[C@H]4O)CC3)CC2)cc1. The number of hydrogen-bond donors (Lipinski definition) is 4. The summed E-state index contributed by atoms with van der Waals surface area (Å²) in [4.78, 5) is 24.7. The fourth-order valence-corrected chi connectivity index (χ4v) is 5.90. The molecular weight excluding hydrogens is 557 g/mol. The molecule has 230 valence electrons. The van der Waals surface area contributed by atoms with Crippen molar-refractivity contribution >= 4 is 17.5 Å². The Morgan fingerprint density at radius 3 is 2.21 bits per heavy atom. The molecule has 4 N–H and O–H groups in total. The van der Waals surface area contributed by atoms with Crippen molar-refractivity contribution < 1.29 is 38.0 Å². The summed E-state index contributed by atoms with van der Waals surface area (Å²) >= 11 is 0. The summed E-state index contributed by atoms with van der Waals surface area (Å²) in [5, 5.41) is 33.2. The van der Waals surface area contributed by atoms with Crippen molar-refractivity contribution in [3.05, 3.63) is 47.9 Å². The lowest BCUT2D eigenvalue weighted by atomic mass is 9.95. The molecule has 14 heteroatoms. The van der Waals surface area contributed by atoms with Gasteiger partial charge in [-0.3, -0.25) is 4.90 Å². The average Bonchev–Trinajstić information content (AvgIpc) is 2.98. The van der Waals surface area contributed by atoms with Crippen molar-refractivity contribution in [3.63, 3.8) is 0 Å². The molecule has 11 nitrogen and oxygen atoms in total. The van der Waals surface area contributed by atoms with E-state index >= 15 is 0 Å². The molecule has 1 aromatic heterocycles. The van der Waals surface area contributed by atoms with Gasteiger partial charge >= 0.3 is 12.1 Å². The maximum Gasteiger partial charge on any atom is 0.451 e. The van der Waals surface area contributed by atoms with Crippen LogP contribution in [-0.2, 0) is 10.9 Å². The summed E-state index contributed by atoms with van der Waals surface area (Å²) in [7, 11) is 0. The maximum absolute atomic E-state index is 12.9. The second kappa shape index (κ2) is 13.1. The number of carboxylic acids is 1. The van der Waals surface area contributed by atoms with Gasteiger partial charge in [-0.2, -0.15) is 13.2 Å². The number of rotatable bonds is 8. The Morgan fingerprint density at radius 1 is 0.952 bits per heavy atom. The van der Waals surface area contributed by atoms with Gasteiger partial charge in [0.15, 0.2) is 0 Å². The Kier molecular flexibility index (Phi) is 9.47. The Bertz CT molecular complexity index is 1190. The van der Waals surface area contributed by atoms with Crippen LogP contribution >= 0.6 is 0 Å². The van der Waals surface area contributed by atoms with E-state index in [0.717, 1.165) is 70.5 Å². The van der Waals surface area contributed by atoms with Gasteiger partial charge in [0.25, 0.3) is 0 Å². The molecule has 3 aliphatic rings. The first-order valence-corrected chi connectivity index (χ1v) is 14.2. The number of anilines is 2. The van der Waals surface area contributed by atoms with Crippen LogP contribution in [0.2, 0.25) is 0 Å². The van der Waals surface area contributed by atoms with Crippen LogP contribution in [0.25, 0.3) is 0 Å². The third kappa shape index (κ3) is 7.48. The number of carbonyl (C=O) groups is 1. The number of nitrogens with one attached hydrogen (secondary N) is 1. The van der Waals surface area contributed by atoms with Crippen molar-refractivity contribution in [1.29, 1.82) is 0 Å². The fraction of sp³-hybridized carbons (Fsp3) is 0.607. The highest BCUT2D eigenvalue weighted by molar-refractivity contribution is 5.88. The summed E-state index contributed by atoms with van der Waals surface area (Å²) in [6.07, 6.45) is -4.62. The zero-order valence-electron chi connectivity index (χ0n) is 23.2. The lowest BCUT2D eigenvalue weighted by Gasteiger charge is -2.43. The summed E-state index contributed by atoms with van der Waals surface area (Å²) in [5.74, 6) is -1.72.